The second-order valence-corrected chi connectivity index (χ2v) is 6.04. The largest absolute Gasteiger partial charge is 0.396 e. The number of benzene rings is 2. The fraction of sp³-hybridized carbons (Fsp3) is 0.200. The molecule has 0 heterocycles. The fourth-order valence-electron chi connectivity index (χ4n) is 2.80. The summed E-state index contributed by atoms with van der Waals surface area (Å²) in [6.07, 6.45) is 4.59. The van der Waals surface area contributed by atoms with E-state index in [4.69, 9.17) is 10.4 Å². The van der Waals surface area contributed by atoms with Gasteiger partial charge in [-0.2, -0.15) is 5.26 Å². The highest BCUT2D eigenvalue weighted by molar-refractivity contribution is 5.95. The predicted octanol–water partition coefficient (Wildman–Crippen LogP) is 2.97. The Hall–Kier alpha value is -3.10. The molecule has 25 heavy (non-hydrogen) atoms. The molecule has 0 spiro atoms. The summed E-state index contributed by atoms with van der Waals surface area (Å²) in [6, 6.07) is 16.4. The number of carbonyl (C=O) groups excluding carboxylic acids is 1. The Morgan fingerprint density at radius 2 is 1.96 bits per heavy atom. The summed E-state index contributed by atoms with van der Waals surface area (Å²) in [4.78, 5) is 12.4. The summed E-state index contributed by atoms with van der Waals surface area (Å²) in [5, 5.41) is 24.2. The smallest absolute Gasteiger partial charge is 0.251 e. The zero-order valence-corrected chi connectivity index (χ0v) is 13.6. The maximum atomic E-state index is 12.4. The highest BCUT2D eigenvalue weighted by Gasteiger charge is 2.20. The van der Waals surface area contributed by atoms with Crippen LogP contribution in [0.3, 0.4) is 0 Å². The molecule has 2 aromatic rings. The van der Waals surface area contributed by atoms with E-state index in [-0.39, 0.29) is 24.5 Å². The molecule has 3 N–H and O–H groups in total. The van der Waals surface area contributed by atoms with Gasteiger partial charge in [0.2, 0.25) is 0 Å². The van der Waals surface area contributed by atoms with Crippen molar-refractivity contribution >= 4 is 17.3 Å². The fourth-order valence-corrected chi connectivity index (χ4v) is 2.80. The molecule has 0 saturated heterocycles. The van der Waals surface area contributed by atoms with E-state index >= 15 is 0 Å². The van der Waals surface area contributed by atoms with Crippen LogP contribution in [0.2, 0.25) is 0 Å². The van der Waals surface area contributed by atoms with Gasteiger partial charge in [0.1, 0.15) is 0 Å². The number of hydrogen-bond donors (Lipinski definition) is 3. The SMILES string of the molecule is N#Cc1ccc(Nc2cccc(C(=O)N[C@@H]3C=C[C@H](CO)C3)c2)cc1. The minimum atomic E-state index is -0.142. The van der Waals surface area contributed by atoms with Crippen molar-refractivity contribution in [3.63, 3.8) is 0 Å². The highest BCUT2D eigenvalue weighted by Crippen LogP contribution is 2.20. The summed E-state index contributed by atoms with van der Waals surface area (Å²) < 4.78 is 0. The van der Waals surface area contributed by atoms with E-state index in [0.717, 1.165) is 17.8 Å². The second kappa shape index (κ2) is 7.65. The minimum Gasteiger partial charge on any atom is -0.396 e. The molecule has 0 aliphatic heterocycles. The van der Waals surface area contributed by atoms with Gasteiger partial charge >= 0.3 is 0 Å². The topological polar surface area (TPSA) is 85.2 Å². The van der Waals surface area contributed by atoms with Crippen LogP contribution in [0.5, 0.6) is 0 Å². The zero-order chi connectivity index (χ0) is 17.6. The van der Waals surface area contributed by atoms with Crippen LogP contribution in [0, 0.1) is 17.2 Å². The molecule has 0 saturated carbocycles. The monoisotopic (exact) mass is 333 g/mol. The number of amides is 1. The van der Waals surface area contributed by atoms with Crippen molar-refractivity contribution in [1.29, 1.82) is 5.26 Å². The van der Waals surface area contributed by atoms with Crippen LogP contribution >= 0.6 is 0 Å². The Bertz CT molecular complexity index is 822. The van der Waals surface area contributed by atoms with Crippen molar-refractivity contribution in [3.05, 3.63) is 71.8 Å². The van der Waals surface area contributed by atoms with Gasteiger partial charge in [-0.05, 0) is 48.9 Å². The number of nitrogens with one attached hydrogen (secondary N) is 2. The molecule has 1 aliphatic rings. The number of hydrogen-bond acceptors (Lipinski definition) is 4. The van der Waals surface area contributed by atoms with E-state index in [1.807, 2.05) is 36.4 Å². The molecule has 5 nitrogen and oxygen atoms in total. The average Bonchev–Trinajstić information content (AvgIpc) is 3.10. The first kappa shape index (κ1) is 16.7. The van der Waals surface area contributed by atoms with Crippen LogP contribution in [0.1, 0.15) is 22.3 Å². The average molecular weight is 333 g/mol. The lowest BCUT2D eigenvalue weighted by Crippen LogP contribution is -2.32. The molecule has 5 heteroatoms. The van der Waals surface area contributed by atoms with Crippen LogP contribution in [0.15, 0.2) is 60.7 Å². The molecule has 1 aliphatic carbocycles. The molecule has 3 rings (SSSR count). The van der Waals surface area contributed by atoms with Crippen LogP contribution in [-0.4, -0.2) is 23.7 Å². The first-order valence-corrected chi connectivity index (χ1v) is 8.15. The van der Waals surface area contributed by atoms with Crippen molar-refractivity contribution < 1.29 is 9.90 Å². The molecule has 0 bridgehead atoms. The summed E-state index contributed by atoms with van der Waals surface area (Å²) in [5.74, 6) is -0.0219. The number of aliphatic hydroxyl groups excluding tert-OH is 1. The molecule has 126 valence electrons. The van der Waals surface area contributed by atoms with E-state index in [1.54, 1.807) is 24.3 Å². The van der Waals surface area contributed by atoms with Crippen molar-refractivity contribution in [1.82, 2.24) is 5.32 Å². The second-order valence-electron chi connectivity index (χ2n) is 6.04. The molecular weight excluding hydrogens is 314 g/mol. The van der Waals surface area contributed by atoms with Gasteiger partial charge in [-0.3, -0.25) is 4.79 Å². The summed E-state index contributed by atoms with van der Waals surface area (Å²) in [6.45, 7) is 0.104. The lowest BCUT2D eigenvalue weighted by atomic mass is 10.1. The number of carbonyl (C=O) groups is 1. The van der Waals surface area contributed by atoms with Gasteiger partial charge < -0.3 is 15.7 Å². The lowest BCUT2D eigenvalue weighted by Gasteiger charge is -2.13. The maximum Gasteiger partial charge on any atom is 0.251 e. The molecule has 0 unspecified atom stereocenters. The van der Waals surface area contributed by atoms with Crippen LogP contribution in [-0.2, 0) is 0 Å². The normalized spacial score (nSPS) is 18.6. The number of rotatable bonds is 5. The van der Waals surface area contributed by atoms with Gasteiger partial charge in [0.15, 0.2) is 0 Å². The first-order valence-electron chi connectivity index (χ1n) is 8.15. The number of aliphatic hydroxyl groups is 1. The third-order valence-electron chi connectivity index (χ3n) is 4.15. The van der Waals surface area contributed by atoms with E-state index in [1.165, 1.54) is 0 Å². The van der Waals surface area contributed by atoms with E-state index < -0.39 is 0 Å². The number of anilines is 2. The predicted molar refractivity (Wildman–Crippen MR) is 96.5 cm³/mol. The van der Waals surface area contributed by atoms with Crippen molar-refractivity contribution in [3.8, 4) is 6.07 Å². The summed E-state index contributed by atoms with van der Waals surface area (Å²) in [7, 11) is 0. The number of nitriles is 1. The van der Waals surface area contributed by atoms with Gasteiger partial charge in [0.05, 0.1) is 11.6 Å². The standard InChI is InChI=1S/C20H19N3O2/c21-12-14-4-7-17(8-5-14)22-18-3-1-2-16(11-18)20(25)23-19-9-6-15(10-19)13-24/h1-9,11,15,19,22,24H,10,13H2,(H,23,25)/t15-,19+/m0/s1. The molecular formula is C20H19N3O2. The molecule has 0 aromatic heterocycles. The zero-order valence-electron chi connectivity index (χ0n) is 13.6. The van der Waals surface area contributed by atoms with Crippen LogP contribution in [0.25, 0.3) is 0 Å². The third kappa shape index (κ3) is 4.25. The molecule has 0 fully saturated rings. The summed E-state index contributed by atoms with van der Waals surface area (Å²) in [5.41, 5.74) is 2.82. The van der Waals surface area contributed by atoms with E-state index in [9.17, 15) is 4.79 Å². The third-order valence-corrected chi connectivity index (χ3v) is 4.15. The Labute approximate surface area is 146 Å². The van der Waals surface area contributed by atoms with Crippen molar-refractivity contribution in [2.75, 3.05) is 11.9 Å². The Morgan fingerprint density at radius 1 is 1.16 bits per heavy atom. The van der Waals surface area contributed by atoms with Crippen molar-refractivity contribution in [2.24, 2.45) is 5.92 Å². The minimum absolute atomic E-state index is 0.0419. The lowest BCUT2D eigenvalue weighted by molar-refractivity contribution is 0.0941. The summed E-state index contributed by atoms with van der Waals surface area (Å²) >= 11 is 0. The first-order chi connectivity index (χ1) is 12.2. The highest BCUT2D eigenvalue weighted by atomic mass is 16.3. The quantitative estimate of drug-likeness (QED) is 0.734. The van der Waals surface area contributed by atoms with Crippen LogP contribution < -0.4 is 10.6 Å². The molecule has 2 aromatic carbocycles. The van der Waals surface area contributed by atoms with Gasteiger partial charge in [0, 0.05) is 35.5 Å². The Morgan fingerprint density at radius 3 is 2.64 bits per heavy atom. The maximum absolute atomic E-state index is 12.4. The molecule has 2 atom stereocenters. The van der Waals surface area contributed by atoms with Gasteiger partial charge in [-0.15, -0.1) is 0 Å². The van der Waals surface area contributed by atoms with Gasteiger partial charge in [-0.25, -0.2) is 0 Å². The van der Waals surface area contributed by atoms with Gasteiger partial charge in [0.25, 0.3) is 5.91 Å². The van der Waals surface area contributed by atoms with Crippen molar-refractivity contribution in [2.45, 2.75) is 12.5 Å². The molecule has 0 radical (unpaired) electrons. The van der Waals surface area contributed by atoms with E-state index in [0.29, 0.717) is 11.1 Å². The van der Waals surface area contributed by atoms with E-state index in [2.05, 4.69) is 16.7 Å². The Balaban J connectivity index is 1.65. The number of nitrogens with zero attached hydrogens (tertiary/aromatic N) is 1. The molecule has 1 amide bonds. The Kier molecular flexibility index (Phi) is 5.12. The van der Waals surface area contributed by atoms with Crippen LogP contribution in [0.4, 0.5) is 11.4 Å². The van der Waals surface area contributed by atoms with Gasteiger partial charge in [-0.1, -0.05) is 18.2 Å².